The molecule has 1 aromatic carbocycles. The van der Waals surface area contributed by atoms with Crippen molar-refractivity contribution in [3.8, 4) is 5.75 Å². The Hall–Kier alpha value is -1.28. The molecule has 0 fully saturated rings. The molecule has 0 aromatic heterocycles. The van der Waals surface area contributed by atoms with Crippen LogP contribution in [0.2, 0.25) is 0 Å². The minimum Gasteiger partial charge on any atom is -0.497 e. The number of carbonyl (C=O) groups excluding carboxylic acids is 1. The minimum absolute atomic E-state index is 0.113. The highest BCUT2D eigenvalue weighted by Gasteiger charge is 2.00. The average molecular weight is 197 g/mol. The van der Waals surface area contributed by atoms with E-state index in [1.165, 1.54) is 11.6 Å². The summed E-state index contributed by atoms with van der Waals surface area (Å²) in [4.78, 5) is 11.2. The van der Waals surface area contributed by atoms with Crippen molar-refractivity contribution in [2.45, 2.75) is 0 Å². The highest BCUT2D eigenvalue weighted by Crippen LogP contribution is 2.11. The molecular formula is C10H9ClO2. The summed E-state index contributed by atoms with van der Waals surface area (Å²) in [7, 11) is 1.58. The molecule has 0 amide bonds. The lowest BCUT2D eigenvalue weighted by molar-refractivity contribution is 0.104. The summed E-state index contributed by atoms with van der Waals surface area (Å²) in [5.41, 5.74) is 1.80. The van der Waals surface area contributed by atoms with E-state index in [4.69, 9.17) is 16.3 Å². The average Bonchev–Trinajstić information content (AvgIpc) is 2.18. The zero-order chi connectivity index (χ0) is 9.68. The van der Waals surface area contributed by atoms with Crippen LogP contribution < -0.4 is 4.74 Å². The van der Waals surface area contributed by atoms with Crippen LogP contribution in [-0.4, -0.2) is 12.9 Å². The van der Waals surface area contributed by atoms with Crippen LogP contribution in [0.3, 0.4) is 0 Å². The summed E-state index contributed by atoms with van der Waals surface area (Å²) in [5.74, 6) is 0.615. The molecule has 0 aliphatic carbocycles. The molecular weight excluding hydrogens is 188 g/mol. The molecule has 68 valence electrons. The van der Waals surface area contributed by atoms with Crippen molar-refractivity contribution in [1.29, 1.82) is 0 Å². The molecule has 0 saturated carbocycles. The van der Waals surface area contributed by atoms with Crippen molar-refractivity contribution in [3.05, 3.63) is 41.4 Å². The zero-order valence-electron chi connectivity index (χ0n) is 7.16. The standard InChI is InChI=1S/C10H9ClO2/c1-13-9-4-2-8(3-5-9)10(12)6-7-11/h2-7H,1H3. The predicted octanol–water partition coefficient (Wildman–Crippen LogP) is 2.63. The first-order valence-electron chi connectivity index (χ1n) is 3.73. The van der Waals surface area contributed by atoms with Crippen LogP contribution in [0.25, 0.3) is 0 Å². The van der Waals surface area contributed by atoms with Crippen LogP contribution >= 0.6 is 11.6 Å². The molecule has 0 unspecified atom stereocenters. The number of ketones is 1. The van der Waals surface area contributed by atoms with E-state index in [0.717, 1.165) is 5.75 Å². The second-order valence-electron chi connectivity index (χ2n) is 2.39. The number of benzene rings is 1. The fourth-order valence-electron chi connectivity index (χ4n) is 0.909. The number of hydrogen-bond donors (Lipinski definition) is 0. The third-order valence-electron chi connectivity index (χ3n) is 1.59. The molecule has 0 aliphatic rings. The summed E-state index contributed by atoms with van der Waals surface area (Å²) < 4.78 is 4.95. The van der Waals surface area contributed by atoms with E-state index in [1.807, 2.05) is 0 Å². The van der Waals surface area contributed by atoms with Gasteiger partial charge in [-0.3, -0.25) is 4.79 Å². The Bertz CT molecular complexity index is 314. The van der Waals surface area contributed by atoms with E-state index in [9.17, 15) is 4.79 Å². The van der Waals surface area contributed by atoms with Crippen LogP contribution in [0.15, 0.2) is 35.9 Å². The van der Waals surface area contributed by atoms with Gasteiger partial charge in [-0.1, -0.05) is 11.6 Å². The van der Waals surface area contributed by atoms with Gasteiger partial charge < -0.3 is 4.74 Å². The maximum absolute atomic E-state index is 11.2. The zero-order valence-corrected chi connectivity index (χ0v) is 7.91. The first-order valence-corrected chi connectivity index (χ1v) is 4.16. The quantitative estimate of drug-likeness (QED) is 0.549. The van der Waals surface area contributed by atoms with Crippen LogP contribution in [0.1, 0.15) is 10.4 Å². The maximum atomic E-state index is 11.2. The van der Waals surface area contributed by atoms with Gasteiger partial charge in [-0.25, -0.2) is 0 Å². The van der Waals surface area contributed by atoms with Gasteiger partial charge in [0, 0.05) is 11.1 Å². The Kier molecular flexibility index (Phi) is 3.53. The van der Waals surface area contributed by atoms with Crippen molar-refractivity contribution in [1.82, 2.24) is 0 Å². The Balaban J connectivity index is 2.85. The molecule has 3 heteroatoms. The normalized spacial score (nSPS) is 10.3. The highest BCUT2D eigenvalue weighted by atomic mass is 35.5. The molecule has 0 radical (unpaired) electrons. The molecule has 0 N–H and O–H groups in total. The molecule has 0 aliphatic heterocycles. The lowest BCUT2D eigenvalue weighted by Gasteiger charge is -1.99. The van der Waals surface area contributed by atoms with Gasteiger partial charge in [-0.15, -0.1) is 0 Å². The van der Waals surface area contributed by atoms with Gasteiger partial charge in [-0.2, -0.15) is 0 Å². The summed E-state index contributed by atoms with van der Waals surface area (Å²) in [6, 6.07) is 6.85. The van der Waals surface area contributed by atoms with Gasteiger partial charge in [0.05, 0.1) is 7.11 Å². The van der Waals surface area contributed by atoms with Crippen molar-refractivity contribution in [2.75, 3.05) is 7.11 Å². The Morgan fingerprint density at radius 1 is 1.38 bits per heavy atom. The molecule has 0 atom stereocenters. The van der Waals surface area contributed by atoms with Gasteiger partial charge >= 0.3 is 0 Å². The van der Waals surface area contributed by atoms with Crippen molar-refractivity contribution < 1.29 is 9.53 Å². The van der Waals surface area contributed by atoms with Crippen molar-refractivity contribution >= 4 is 17.4 Å². The molecule has 0 saturated heterocycles. The molecule has 0 bridgehead atoms. The number of ether oxygens (including phenoxy) is 1. The van der Waals surface area contributed by atoms with Crippen molar-refractivity contribution in [2.24, 2.45) is 0 Å². The Labute approximate surface area is 81.8 Å². The third-order valence-corrected chi connectivity index (χ3v) is 1.71. The molecule has 2 nitrogen and oxygen atoms in total. The Morgan fingerprint density at radius 3 is 2.46 bits per heavy atom. The second kappa shape index (κ2) is 4.67. The first-order chi connectivity index (χ1) is 6.27. The molecule has 0 heterocycles. The highest BCUT2D eigenvalue weighted by molar-refractivity contribution is 6.27. The monoisotopic (exact) mass is 196 g/mol. The van der Waals surface area contributed by atoms with E-state index in [-0.39, 0.29) is 5.78 Å². The summed E-state index contributed by atoms with van der Waals surface area (Å²) >= 11 is 5.28. The van der Waals surface area contributed by atoms with E-state index in [0.29, 0.717) is 5.56 Å². The van der Waals surface area contributed by atoms with E-state index < -0.39 is 0 Å². The number of hydrogen-bond acceptors (Lipinski definition) is 2. The van der Waals surface area contributed by atoms with Crippen LogP contribution in [0, 0.1) is 0 Å². The maximum Gasteiger partial charge on any atom is 0.186 e. The van der Waals surface area contributed by atoms with Crippen LogP contribution in [0.5, 0.6) is 5.75 Å². The summed E-state index contributed by atoms with van der Waals surface area (Å²) in [5, 5.41) is 0. The van der Waals surface area contributed by atoms with Gasteiger partial charge in [0.25, 0.3) is 0 Å². The van der Waals surface area contributed by atoms with Crippen molar-refractivity contribution in [3.63, 3.8) is 0 Å². The molecule has 0 spiro atoms. The Morgan fingerprint density at radius 2 is 2.00 bits per heavy atom. The smallest absolute Gasteiger partial charge is 0.186 e. The third kappa shape index (κ3) is 2.60. The molecule has 1 rings (SSSR count). The molecule has 13 heavy (non-hydrogen) atoms. The van der Waals surface area contributed by atoms with Gasteiger partial charge in [0.1, 0.15) is 5.75 Å². The number of halogens is 1. The number of methoxy groups -OCH3 is 1. The number of allylic oxidation sites excluding steroid dienone is 1. The predicted molar refractivity (Wildman–Crippen MR) is 52.3 cm³/mol. The minimum atomic E-state index is -0.113. The van der Waals surface area contributed by atoms with Crippen LogP contribution in [0.4, 0.5) is 0 Å². The molecule has 1 aromatic rings. The van der Waals surface area contributed by atoms with E-state index in [1.54, 1.807) is 31.4 Å². The lowest BCUT2D eigenvalue weighted by atomic mass is 10.1. The second-order valence-corrected chi connectivity index (χ2v) is 2.64. The number of rotatable bonds is 3. The van der Waals surface area contributed by atoms with E-state index in [2.05, 4.69) is 0 Å². The van der Waals surface area contributed by atoms with Gasteiger partial charge in [-0.05, 0) is 30.3 Å². The SMILES string of the molecule is COc1ccc(C(=O)C=CCl)cc1. The number of carbonyl (C=O) groups is 1. The van der Waals surface area contributed by atoms with Gasteiger partial charge in [0.15, 0.2) is 5.78 Å². The largest absolute Gasteiger partial charge is 0.497 e. The van der Waals surface area contributed by atoms with E-state index >= 15 is 0 Å². The first kappa shape index (κ1) is 9.81. The van der Waals surface area contributed by atoms with Gasteiger partial charge in [0.2, 0.25) is 0 Å². The topological polar surface area (TPSA) is 26.3 Å². The lowest BCUT2D eigenvalue weighted by Crippen LogP contribution is -1.93. The summed E-state index contributed by atoms with van der Waals surface area (Å²) in [6.07, 6.45) is 1.31. The fourth-order valence-corrected chi connectivity index (χ4v) is 1.02. The van der Waals surface area contributed by atoms with Crippen LogP contribution in [-0.2, 0) is 0 Å². The summed E-state index contributed by atoms with van der Waals surface area (Å²) in [6.45, 7) is 0. The fraction of sp³-hybridized carbons (Fsp3) is 0.100.